The summed E-state index contributed by atoms with van der Waals surface area (Å²) in [6.07, 6.45) is 1.04. The summed E-state index contributed by atoms with van der Waals surface area (Å²) in [7, 11) is 3.89. The number of rotatable bonds is 8. The van der Waals surface area contributed by atoms with Gasteiger partial charge in [0.05, 0.1) is 6.54 Å². The Morgan fingerprint density at radius 3 is 2.63 bits per heavy atom. The molecule has 106 valence electrons. The number of hydrogen-bond acceptors (Lipinski definition) is 3. The van der Waals surface area contributed by atoms with Gasteiger partial charge in [-0.15, -0.1) is 0 Å². The monoisotopic (exact) mass is 283 g/mol. The number of halogens is 1. The molecule has 2 N–H and O–H groups in total. The summed E-state index contributed by atoms with van der Waals surface area (Å²) in [4.78, 5) is 13.8. The average molecular weight is 284 g/mol. The van der Waals surface area contributed by atoms with Crippen molar-refractivity contribution < 1.29 is 4.79 Å². The molecule has 1 aromatic carbocycles. The Bertz CT molecular complexity index is 381. The van der Waals surface area contributed by atoms with Gasteiger partial charge >= 0.3 is 0 Å². The molecule has 0 spiro atoms. The number of nitrogens with zero attached hydrogens (tertiary/aromatic N) is 1. The van der Waals surface area contributed by atoms with Crippen molar-refractivity contribution in [1.29, 1.82) is 0 Å². The second-order valence-corrected chi connectivity index (χ2v) is 5.03. The molecule has 5 heteroatoms. The van der Waals surface area contributed by atoms with Gasteiger partial charge in [-0.3, -0.25) is 9.69 Å². The molecule has 0 saturated heterocycles. The Morgan fingerprint density at radius 2 is 2.00 bits per heavy atom. The van der Waals surface area contributed by atoms with E-state index in [4.69, 9.17) is 11.6 Å². The number of likely N-dealkylation sites (N-methyl/N-ethyl adjacent to an activating group) is 1. The van der Waals surface area contributed by atoms with Crippen LogP contribution in [0.15, 0.2) is 24.3 Å². The number of nitrogens with one attached hydrogen (secondary N) is 2. The normalized spacial score (nSPS) is 10.7. The van der Waals surface area contributed by atoms with E-state index in [0.717, 1.165) is 25.1 Å². The fourth-order valence-electron chi connectivity index (χ4n) is 1.71. The molecule has 0 atom stereocenters. The minimum atomic E-state index is 0.0434. The van der Waals surface area contributed by atoms with E-state index in [1.165, 1.54) is 0 Å². The summed E-state index contributed by atoms with van der Waals surface area (Å²) in [5.74, 6) is 0.0434. The van der Waals surface area contributed by atoms with Crippen LogP contribution < -0.4 is 10.6 Å². The predicted octanol–water partition coefficient (Wildman–Crippen LogP) is 1.50. The molecule has 0 bridgehead atoms. The Kier molecular flexibility index (Phi) is 7.48. The lowest BCUT2D eigenvalue weighted by molar-refractivity contribution is -0.122. The van der Waals surface area contributed by atoms with Crippen LogP contribution in [-0.4, -0.2) is 44.5 Å². The van der Waals surface area contributed by atoms with Crippen molar-refractivity contribution in [1.82, 2.24) is 15.5 Å². The highest BCUT2D eigenvalue weighted by molar-refractivity contribution is 6.30. The highest BCUT2D eigenvalue weighted by atomic mass is 35.5. The first-order valence-corrected chi connectivity index (χ1v) is 6.84. The standard InChI is InChI=1S/C14H22ClN3O/c1-16-8-3-9-18(2)11-14(19)17-10-12-4-6-13(15)7-5-12/h4-7,16H,3,8-11H2,1-2H3,(H,17,19). The van der Waals surface area contributed by atoms with Crippen molar-refractivity contribution >= 4 is 17.5 Å². The van der Waals surface area contributed by atoms with Crippen molar-refractivity contribution in [3.05, 3.63) is 34.9 Å². The molecule has 0 aliphatic heterocycles. The van der Waals surface area contributed by atoms with Gasteiger partial charge in [0.25, 0.3) is 0 Å². The Hall–Kier alpha value is -1.10. The second-order valence-electron chi connectivity index (χ2n) is 4.60. The molecule has 0 aliphatic rings. The molecular formula is C14H22ClN3O. The van der Waals surface area contributed by atoms with Gasteiger partial charge in [0, 0.05) is 11.6 Å². The van der Waals surface area contributed by atoms with Gasteiger partial charge in [0.2, 0.25) is 5.91 Å². The lowest BCUT2D eigenvalue weighted by atomic mass is 10.2. The van der Waals surface area contributed by atoms with Crippen LogP contribution in [0.5, 0.6) is 0 Å². The summed E-state index contributed by atoms with van der Waals surface area (Å²) in [6.45, 7) is 2.85. The first-order chi connectivity index (χ1) is 9.11. The van der Waals surface area contributed by atoms with Crippen molar-refractivity contribution in [2.45, 2.75) is 13.0 Å². The van der Waals surface area contributed by atoms with Gasteiger partial charge in [-0.1, -0.05) is 23.7 Å². The van der Waals surface area contributed by atoms with E-state index in [2.05, 4.69) is 10.6 Å². The molecule has 0 aromatic heterocycles. The minimum absolute atomic E-state index is 0.0434. The summed E-state index contributed by atoms with van der Waals surface area (Å²) in [5, 5.41) is 6.70. The Morgan fingerprint density at radius 1 is 1.32 bits per heavy atom. The van der Waals surface area contributed by atoms with E-state index in [0.29, 0.717) is 18.1 Å². The van der Waals surface area contributed by atoms with Crippen LogP contribution in [0, 0.1) is 0 Å². The molecule has 0 unspecified atom stereocenters. The molecule has 0 radical (unpaired) electrons. The van der Waals surface area contributed by atoms with E-state index < -0.39 is 0 Å². The molecular weight excluding hydrogens is 262 g/mol. The highest BCUT2D eigenvalue weighted by Crippen LogP contribution is 2.08. The lowest BCUT2D eigenvalue weighted by Crippen LogP contribution is -2.35. The van der Waals surface area contributed by atoms with E-state index in [9.17, 15) is 4.79 Å². The summed E-state index contributed by atoms with van der Waals surface area (Å²) in [6, 6.07) is 7.48. The largest absolute Gasteiger partial charge is 0.351 e. The molecule has 0 heterocycles. The first kappa shape index (κ1) is 16.0. The summed E-state index contributed by atoms with van der Waals surface area (Å²) in [5.41, 5.74) is 1.05. The lowest BCUT2D eigenvalue weighted by Gasteiger charge is -2.16. The van der Waals surface area contributed by atoms with Crippen LogP contribution in [0.1, 0.15) is 12.0 Å². The van der Waals surface area contributed by atoms with Gasteiger partial charge < -0.3 is 10.6 Å². The maximum absolute atomic E-state index is 11.7. The molecule has 19 heavy (non-hydrogen) atoms. The smallest absolute Gasteiger partial charge is 0.234 e. The maximum atomic E-state index is 11.7. The van der Waals surface area contributed by atoms with E-state index in [1.807, 2.05) is 43.3 Å². The highest BCUT2D eigenvalue weighted by Gasteiger charge is 2.05. The Labute approximate surface area is 120 Å². The van der Waals surface area contributed by atoms with Gasteiger partial charge in [-0.25, -0.2) is 0 Å². The van der Waals surface area contributed by atoms with Crippen LogP contribution in [0.25, 0.3) is 0 Å². The SMILES string of the molecule is CNCCCN(C)CC(=O)NCc1ccc(Cl)cc1. The topological polar surface area (TPSA) is 44.4 Å². The third-order valence-electron chi connectivity index (χ3n) is 2.78. The zero-order valence-electron chi connectivity index (χ0n) is 11.6. The number of carbonyl (C=O) groups is 1. The zero-order valence-corrected chi connectivity index (χ0v) is 12.3. The van der Waals surface area contributed by atoms with Gasteiger partial charge in [0.15, 0.2) is 0 Å². The summed E-state index contributed by atoms with van der Waals surface area (Å²) < 4.78 is 0. The fourth-order valence-corrected chi connectivity index (χ4v) is 1.83. The van der Waals surface area contributed by atoms with E-state index >= 15 is 0 Å². The predicted molar refractivity (Wildman–Crippen MR) is 79.3 cm³/mol. The second kappa shape index (κ2) is 8.91. The molecule has 1 rings (SSSR count). The third kappa shape index (κ3) is 7.15. The fraction of sp³-hybridized carbons (Fsp3) is 0.500. The van der Waals surface area contributed by atoms with E-state index in [-0.39, 0.29) is 5.91 Å². The Balaban J connectivity index is 2.22. The van der Waals surface area contributed by atoms with Gasteiger partial charge in [-0.05, 0) is 51.3 Å². The van der Waals surface area contributed by atoms with Crippen LogP contribution in [-0.2, 0) is 11.3 Å². The van der Waals surface area contributed by atoms with Crippen molar-refractivity contribution in [2.75, 3.05) is 33.7 Å². The van der Waals surface area contributed by atoms with Crippen LogP contribution in [0.3, 0.4) is 0 Å². The third-order valence-corrected chi connectivity index (χ3v) is 3.04. The van der Waals surface area contributed by atoms with Crippen molar-refractivity contribution in [3.63, 3.8) is 0 Å². The van der Waals surface area contributed by atoms with Crippen molar-refractivity contribution in [3.8, 4) is 0 Å². The minimum Gasteiger partial charge on any atom is -0.351 e. The average Bonchev–Trinajstić information content (AvgIpc) is 2.38. The summed E-state index contributed by atoms with van der Waals surface area (Å²) >= 11 is 5.80. The van der Waals surface area contributed by atoms with Crippen LogP contribution >= 0.6 is 11.6 Å². The van der Waals surface area contributed by atoms with Gasteiger partial charge in [0.1, 0.15) is 0 Å². The molecule has 4 nitrogen and oxygen atoms in total. The molecule has 0 fully saturated rings. The number of hydrogen-bond donors (Lipinski definition) is 2. The first-order valence-electron chi connectivity index (χ1n) is 6.46. The number of carbonyl (C=O) groups excluding carboxylic acids is 1. The van der Waals surface area contributed by atoms with Gasteiger partial charge in [-0.2, -0.15) is 0 Å². The molecule has 1 aromatic rings. The number of amides is 1. The molecule has 1 amide bonds. The van der Waals surface area contributed by atoms with Crippen molar-refractivity contribution in [2.24, 2.45) is 0 Å². The molecule has 0 aliphatic carbocycles. The zero-order chi connectivity index (χ0) is 14.1. The maximum Gasteiger partial charge on any atom is 0.234 e. The van der Waals surface area contributed by atoms with Crippen LogP contribution in [0.4, 0.5) is 0 Å². The quantitative estimate of drug-likeness (QED) is 0.711. The molecule has 0 saturated carbocycles. The van der Waals surface area contributed by atoms with E-state index in [1.54, 1.807) is 0 Å². The van der Waals surface area contributed by atoms with Crippen LogP contribution in [0.2, 0.25) is 5.02 Å². The number of benzene rings is 1.